The molecule has 1 aromatic carbocycles. The van der Waals surface area contributed by atoms with Crippen LogP contribution in [0.4, 0.5) is 5.82 Å². The number of nitrogens with zero attached hydrogens (tertiary/aromatic N) is 4. The largest absolute Gasteiger partial charge is 0.388 e. The molecule has 5 N–H and O–H groups in total. The molecule has 1 fully saturated rings. The van der Waals surface area contributed by atoms with Gasteiger partial charge in [-0.05, 0) is 24.1 Å². The summed E-state index contributed by atoms with van der Waals surface area (Å²) in [6, 6.07) is 8.80. The van der Waals surface area contributed by atoms with E-state index in [1.165, 1.54) is 19.6 Å². The molecule has 0 saturated heterocycles. The fourth-order valence-electron chi connectivity index (χ4n) is 4.54. The number of carbonyl (C=O) groups is 1. The molecule has 3 heterocycles. The number of anilines is 1. The maximum Gasteiger partial charge on any atom is 0.335 e. The van der Waals surface area contributed by atoms with Crippen LogP contribution >= 0.6 is 0 Å². The van der Waals surface area contributed by atoms with Gasteiger partial charge in [-0.1, -0.05) is 18.2 Å². The van der Waals surface area contributed by atoms with Crippen LogP contribution in [-0.4, -0.2) is 80.5 Å². The average Bonchev–Trinajstić information content (AvgIpc) is 3.62. The first-order valence-corrected chi connectivity index (χ1v) is 13.3. The fraction of sp³-hybridized carbons (Fsp3) is 0.333. The Kier molecular flexibility index (Phi) is 7.23. The number of fused-ring (bicyclic) bond motifs is 1. The van der Waals surface area contributed by atoms with Gasteiger partial charge < -0.3 is 20.5 Å². The van der Waals surface area contributed by atoms with E-state index in [2.05, 4.69) is 31.4 Å². The molecular weight excluding hydrogens is 514 g/mol. The van der Waals surface area contributed by atoms with Gasteiger partial charge in [0.15, 0.2) is 0 Å². The van der Waals surface area contributed by atoms with E-state index in [1.54, 1.807) is 16.9 Å². The molecule has 0 amide bonds. The van der Waals surface area contributed by atoms with Gasteiger partial charge >= 0.3 is 10.3 Å². The van der Waals surface area contributed by atoms with Crippen molar-refractivity contribution in [3.63, 3.8) is 0 Å². The lowest BCUT2D eigenvalue weighted by Crippen LogP contribution is -2.38. The van der Waals surface area contributed by atoms with Crippen molar-refractivity contribution >= 4 is 32.8 Å². The van der Waals surface area contributed by atoms with Gasteiger partial charge in [0.2, 0.25) is 5.78 Å². The lowest BCUT2D eigenvalue weighted by molar-refractivity contribution is -0.00882. The van der Waals surface area contributed by atoms with Crippen LogP contribution in [0, 0.1) is 0 Å². The highest BCUT2D eigenvalue weighted by Gasteiger charge is 2.44. The van der Waals surface area contributed by atoms with Crippen LogP contribution in [0.2, 0.25) is 0 Å². The Morgan fingerprint density at radius 1 is 1.24 bits per heavy atom. The minimum Gasteiger partial charge on any atom is -0.388 e. The molecule has 0 bridgehead atoms. The summed E-state index contributed by atoms with van der Waals surface area (Å²) in [4.78, 5) is 24.6. The van der Waals surface area contributed by atoms with Gasteiger partial charge in [-0.2, -0.15) is 18.2 Å². The van der Waals surface area contributed by atoms with E-state index in [1.807, 2.05) is 29.1 Å². The van der Waals surface area contributed by atoms with Crippen LogP contribution < -0.4 is 10.0 Å². The SMILES string of the molecule is CNS(=O)(=O)O[C@@H]1C[C@@H](Nc2ncncc2C(=O)c2ccn(CCc3c[nH]c4ccccc34)n2)[C@H](O)[C@H]1O. The molecule has 1 aliphatic rings. The van der Waals surface area contributed by atoms with Crippen LogP contribution in [0.25, 0.3) is 10.9 Å². The van der Waals surface area contributed by atoms with Crippen molar-refractivity contribution in [1.29, 1.82) is 0 Å². The molecule has 5 rings (SSSR count). The number of rotatable bonds is 10. The standard InChI is InChI=1S/C24H27N7O6S/c1-25-38(35,36)37-20-10-19(22(33)23(20)34)29-24-16(12-26-13-28-24)21(32)18-7-9-31(30-18)8-6-14-11-27-17-5-3-2-4-15(14)17/h2-5,7,9,11-13,19-20,22-23,25,27,33-34H,6,8,10H2,1H3,(H,26,28,29)/t19-,20-,22+,23+/m1/s1. The summed E-state index contributed by atoms with van der Waals surface area (Å²) in [5.41, 5.74) is 2.51. The molecule has 0 radical (unpaired) electrons. The van der Waals surface area contributed by atoms with E-state index in [4.69, 9.17) is 4.18 Å². The molecule has 3 aromatic heterocycles. The number of aromatic nitrogens is 5. The third kappa shape index (κ3) is 5.30. The number of H-pyrrole nitrogens is 1. The number of hydrogen-bond acceptors (Lipinski definition) is 10. The van der Waals surface area contributed by atoms with Gasteiger partial charge in [-0.3, -0.25) is 13.7 Å². The lowest BCUT2D eigenvalue weighted by Gasteiger charge is -2.19. The van der Waals surface area contributed by atoms with E-state index in [-0.39, 0.29) is 23.5 Å². The maximum atomic E-state index is 13.3. The molecule has 13 nitrogen and oxygen atoms in total. The molecule has 200 valence electrons. The third-order valence-corrected chi connectivity index (χ3v) is 7.57. The number of aryl methyl sites for hydroxylation is 2. The first-order valence-electron chi connectivity index (χ1n) is 11.9. The molecule has 1 saturated carbocycles. The van der Waals surface area contributed by atoms with E-state index >= 15 is 0 Å². The van der Waals surface area contributed by atoms with Crippen molar-refractivity contribution in [3.05, 3.63) is 72.1 Å². The molecule has 4 atom stereocenters. The van der Waals surface area contributed by atoms with Gasteiger partial charge in [0, 0.05) is 49.5 Å². The highest BCUT2D eigenvalue weighted by molar-refractivity contribution is 7.84. The first kappa shape index (κ1) is 25.9. The summed E-state index contributed by atoms with van der Waals surface area (Å²) in [5.74, 6) is -0.316. The molecule has 4 aromatic rings. The number of hydrogen-bond donors (Lipinski definition) is 5. The third-order valence-electron chi connectivity index (χ3n) is 6.57. The number of ketones is 1. The predicted octanol–water partition coefficient (Wildman–Crippen LogP) is 0.384. The normalized spacial score (nSPS) is 21.7. The minimum atomic E-state index is -4.08. The van der Waals surface area contributed by atoms with Crippen molar-refractivity contribution in [3.8, 4) is 0 Å². The van der Waals surface area contributed by atoms with Crippen molar-refractivity contribution < 1.29 is 27.6 Å². The second-order valence-corrected chi connectivity index (χ2v) is 10.5. The van der Waals surface area contributed by atoms with E-state index < -0.39 is 40.4 Å². The number of para-hydroxylation sites is 1. The number of aliphatic hydroxyl groups excluding tert-OH is 2. The second kappa shape index (κ2) is 10.6. The Balaban J connectivity index is 1.28. The average molecular weight is 542 g/mol. The van der Waals surface area contributed by atoms with Gasteiger partial charge in [0.1, 0.15) is 36.2 Å². The Morgan fingerprint density at radius 3 is 2.87 bits per heavy atom. The molecule has 0 aliphatic heterocycles. The molecule has 0 spiro atoms. The van der Waals surface area contributed by atoms with Crippen molar-refractivity contribution in [2.45, 2.75) is 43.7 Å². The number of aromatic amines is 1. The van der Waals surface area contributed by atoms with Crippen LogP contribution in [0.1, 0.15) is 28.0 Å². The molecule has 14 heteroatoms. The summed E-state index contributed by atoms with van der Waals surface area (Å²) in [6.07, 6.45) is 2.90. The number of nitrogens with one attached hydrogen (secondary N) is 3. The van der Waals surface area contributed by atoms with E-state index in [0.29, 0.717) is 6.54 Å². The van der Waals surface area contributed by atoms with E-state index in [0.717, 1.165) is 22.9 Å². The Bertz CT molecular complexity index is 1550. The summed E-state index contributed by atoms with van der Waals surface area (Å²) < 4.78 is 32.1. The van der Waals surface area contributed by atoms with Crippen molar-refractivity contribution in [1.82, 2.24) is 29.5 Å². The Morgan fingerprint density at radius 2 is 2.05 bits per heavy atom. The van der Waals surface area contributed by atoms with Crippen LogP contribution in [0.3, 0.4) is 0 Å². The number of carbonyl (C=O) groups excluding carboxylic acids is 1. The summed E-state index contributed by atoms with van der Waals surface area (Å²) in [7, 11) is -2.91. The van der Waals surface area contributed by atoms with E-state index in [9.17, 15) is 23.4 Å². The second-order valence-electron chi connectivity index (χ2n) is 8.95. The van der Waals surface area contributed by atoms with Crippen molar-refractivity contribution in [2.24, 2.45) is 0 Å². The van der Waals surface area contributed by atoms with Gasteiger partial charge in [-0.15, -0.1) is 0 Å². The van der Waals surface area contributed by atoms with Crippen LogP contribution in [-0.2, 0) is 27.5 Å². The van der Waals surface area contributed by atoms with Gasteiger partial charge in [0.25, 0.3) is 0 Å². The van der Waals surface area contributed by atoms with Crippen molar-refractivity contribution in [2.75, 3.05) is 12.4 Å². The highest BCUT2D eigenvalue weighted by atomic mass is 32.2. The molecule has 0 unspecified atom stereocenters. The zero-order valence-corrected chi connectivity index (χ0v) is 21.2. The zero-order valence-electron chi connectivity index (χ0n) is 20.4. The van der Waals surface area contributed by atoms with Gasteiger partial charge in [-0.25, -0.2) is 9.97 Å². The highest BCUT2D eigenvalue weighted by Crippen LogP contribution is 2.28. The lowest BCUT2D eigenvalue weighted by atomic mass is 10.1. The topological polar surface area (TPSA) is 184 Å². The minimum absolute atomic E-state index is 0.0522. The smallest absolute Gasteiger partial charge is 0.335 e. The monoisotopic (exact) mass is 541 g/mol. The Labute approximate surface area is 218 Å². The Hall–Kier alpha value is -3.69. The first-order chi connectivity index (χ1) is 18.3. The summed E-state index contributed by atoms with van der Waals surface area (Å²) >= 11 is 0. The fourth-order valence-corrected chi connectivity index (χ4v) is 5.16. The molecule has 38 heavy (non-hydrogen) atoms. The van der Waals surface area contributed by atoms with Gasteiger partial charge in [0.05, 0.1) is 11.6 Å². The van der Waals surface area contributed by atoms with Crippen LogP contribution in [0.15, 0.2) is 55.2 Å². The molecule has 1 aliphatic carbocycles. The number of benzene rings is 1. The quantitative estimate of drug-likeness (QED) is 0.176. The van der Waals surface area contributed by atoms with Crippen LogP contribution in [0.5, 0.6) is 0 Å². The summed E-state index contributed by atoms with van der Waals surface area (Å²) in [5, 5.41) is 29.2. The zero-order chi connectivity index (χ0) is 26.9. The molecular formula is C24H27N7O6S. The number of aliphatic hydroxyl groups is 2. The predicted molar refractivity (Wildman–Crippen MR) is 137 cm³/mol. The summed E-state index contributed by atoms with van der Waals surface area (Å²) in [6.45, 7) is 0.564. The maximum absolute atomic E-state index is 13.3.